The third-order valence-corrected chi connectivity index (χ3v) is 3.56. The lowest BCUT2D eigenvalue weighted by atomic mass is 10.1. The first-order valence-electron chi connectivity index (χ1n) is 7.37. The minimum absolute atomic E-state index is 0.0760. The Morgan fingerprint density at radius 1 is 1.12 bits per heavy atom. The molecule has 6 nitrogen and oxygen atoms in total. The number of carbonyl (C=O) groups excluding carboxylic acids is 1. The van der Waals surface area contributed by atoms with Crippen LogP contribution in [0.2, 0.25) is 5.02 Å². The zero-order chi connectivity index (χ0) is 17.6. The van der Waals surface area contributed by atoms with Gasteiger partial charge >= 0.3 is 5.69 Å². The monoisotopic (exact) mass is 352 g/mol. The zero-order valence-electron chi connectivity index (χ0n) is 12.9. The highest BCUT2D eigenvalue weighted by atomic mass is 35.5. The van der Waals surface area contributed by atoms with E-state index < -0.39 is 11.6 Å². The topological polar surface area (TPSA) is 87.2 Å². The number of nitrogens with one attached hydrogen (secondary N) is 2. The Balaban J connectivity index is 1.77. The van der Waals surface area contributed by atoms with E-state index in [0.717, 1.165) is 11.1 Å². The number of hydrogen-bond donors (Lipinski definition) is 2. The van der Waals surface area contributed by atoms with Gasteiger partial charge in [0, 0.05) is 10.6 Å². The van der Waals surface area contributed by atoms with Crippen molar-refractivity contribution in [3.63, 3.8) is 0 Å². The van der Waals surface area contributed by atoms with E-state index in [4.69, 9.17) is 11.6 Å². The predicted octanol–water partition coefficient (Wildman–Crippen LogP) is 2.85. The maximum absolute atomic E-state index is 12.2. The molecule has 0 spiro atoms. The number of hydrazone groups is 1. The number of halogens is 1. The first-order chi connectivity index (χ1) is 12.1. The van der Waals surface area contributed by atoms with E-state index >= 15 is 0 Å². The largest absolute Gasteiger partial charge is 0.346 e. The van der Waals surface area contributed by atoms with Gasteiger partial charge in [0.25, 0.3) is 5.91 Å². The molecular formula is C18H13ClN4O2. The second-order valence-corrected chi connectivity index (χ2v) is 5.54. The summed E-state index contributed by atoms with van der Waals surface area (Å²) in [5, 5.41) is 4.48. The molecule has 1 heterocycles. The minimum atomic E-state index is -0.604. The maximum Gasteiger partial charge on any atom is 0.346 e. The second kappa shape index (κ2) is 7.55. The van der Waals surface area contributed by atoms with E-state index in [1.165, 1.54) is 12.3 Å². The lowest BCUT2D eigenvalue weighted by Crippen LogP contribution is -2.24. The van der Waals surface area contributed by atoms with Crippen LogP contribution in [0.4, 0.5) is 0 Å². The molecule has 25 heavy (non-hydrogen) atoms. The van der Waals surface area contributed by atoms with Crippen molar-refractivity contribution in [1.82, 2.24) is 15.4 Å². The fourth-order valence-corrected chi connectivity index (χ4v) is 2.24. The van der Waals surface area contributed by atoms with E-state index in [2.05, 4.69) is 20.5 Å². The van der Waals surface area contributed by atoms with Crippen molar-refractivity contribution in [2.75, 3.05) is 0 Å². The Morgan fingerprint density at radius 2 is 1.84 bits per heavy atom. The van der Waals surface area contributed by atoms with Crippen LogP contribution in [0, 0.1) is 0 Å². The summed E-state index contributed by atoms with van der Waals surface area (Å²) in [4.78, 5) is 30.2. The Labute approximate surface area is 148 Å². The summed E-state index contributed by atoms with van der Waals surface area (Å²) < 4.78 is 0. The number of rotatable bonds is 4. The lowest BCUT2D eigenvalue weighted by molar-refractivity contribution is 0.0949. The molecule has 0 bridgehead atoms. The smallest absolute Gasteiger partial charge is 0.301 e. The number of hydrogen-bond acceptors (Lipinski definition) is 4. The third-order valence-electron chi connectivity index (χ3n) is 3.31. The fraction of sp³-hybridized carbons (Fsp3) is 0. The highest BCUT2D eigenvalue weighted by molar-refractivity contribution is 6.30. The van der Waals surface area contributed by atoms with Crippen LogP contribution < -0.4 is 11.1 Å². The number of aromatic nitrogens is 2. The molecule has 124 valence electrons. The molecule has 0 unspecified atom stereocenters. The first-order valence-corrected chi connectivity index (χ1v) is 7.75. The molecule has 0 aliphatic rings. The van der Waals surface area contributed by atoms with Crippen molar-refractivity contribution in [1.29, 1.82) is 0 Å². The molecule has 2 N–H and O–H groups in total. The third kappa shape index (κ3) is 4.39. The molecular weight excluding hydrogens is 340 g/mol. The van der Waals surface area contributed by atoms with Crippen molar-refractivity contribution in [3.8, 4) is 11.3 Å². The van der Waals surface area contributed by atoms with Crippen LogP contribution in [0.3, 0.4) is 0 Å². The first kappa shape index (κ1) is 16.6. The summed E-state index contributed by atoms with van der Waals surface area (Å²) in [5.41, 5.74) is 3.77. The number of H-pyrrole nitrogens is 1. The van der Waals surface area contributed by atoms with E-state index in [0.29, 0.717) is 10.7 Å². The van der Waals surface area contributed by atoms with Crippen LogP contribution >= 0.6 is 11.6 Å². The molecule has 3 rings (SSSR count). The fourth-order valence-electron chi connectivity index (χ4n) is 2.11. The van der Waals surface area contributed by atoms with Gasteiger partial charge in [-0.3, -0.25) is 4.79 Å². The van der Waals surface area contributed by atoms with Crippen molar-refractivity contribution in [2.24, 2.45) is 5.10 Å². The summed E-state index contributed by atoms with van der Waals surface area (Å²) in [7, 11) is 0. The van der Waals surface area contributed by atoms with Crippen LogP contribution in [0.5, 0.6) is 0 Å². The van der Waals surface area contributed by atoms with Gasteiger partial charge in [0.1, 0.15) is 5.69 Å². The Kier molecular flexibility index (Phi) is 5.01. The highest BCUT2D eigenvalue weighted by Crippen LogP contribution is 2.15. The van der Waals surface area contributed by atoms with Gasteiger partial charge in [0.15, 0.2) is 0 Å². The van der Waals surface area contributed by atoms with Gasteiger partial charge in [-0.1, -0.05) is 54.1 Å². The molecule has 1 amide bonds. The summed E-state index contributed by atoms with van der Waals surface area (Å²) in [6.45, 7) is 0. The average molecular weight is 353 g/mol. The standard InChI is InChI=1S/C18H13ClN4O2/c19-14-8-6-12(7-9-14)11-20-23-17(24)16-10-15(21-18(25)22-16)13-4-2-1-3-5-13/h1-11H,(H,23,24)(H,21,22,25)/b20-11+. The Bertz CT molecular complexity index is 966. The van der Waals surface area contributed by atoms with E-state index in [-0.39, 0.29) is 5.69 Å². The summed E-state index contributed by atoms with van der Waals surface area (Å²) in [5.74, 6) is -0.540. The minimum Gasteiger partial charge on any atom is -0.301 e. The average Bonchev–Trinajstić information content (AvgIpc) is 2.63. The number of aromatic amines is 1. The maximum atomic E-state index is 12.2. The quantitative estimate of drug-likeness (QED) is 0.559. The normalized spacial score (nSPS) is 10.8. The number of nitrogens with zero attached hydrogens (tertiary/aromatic N) is 2. The molecule has 0 radical (unpaired) electrons. The van der Waals surface area contributed by atoms with Crippen LogP contribution in [-0.2, 0) is 0 Å². The van der Waals surface area contributed by atoms with Crippen LogP contribution in [0.25, 0.3) is 11.3 Å². The van der Waals surface area contributed by atoms with Crippen molar-refractivity contribution in [3.05, 3.63) is 87.4 Å². The number of benzene rings is 2. The van der Waals surface area contributed by atoms with Crippen molar-refractivity contribution < 1.29 is 4.79 Å². The van der Waals surface area contributed by atoms with Gasteiger partial charge in [-0.15, -0.1) is 0 Å². The van der Waals surface area contributed by atoms with E-state index in [1.54, 1.807) is 24.3 Å². The van der Waals surface area contributed by atoms with Gasteiger partial charge in [0.05, 0.1) is 11.9 Å². The molecule has 3 aromatic rings. The molecule has 0 saturated carbocycles. The van der Waals surface area contributed by atoms with Crippen LogP contribution in [0.15, 0.2) is 70.6 Å². The zero-order valence-corrected chi connectivity index (χ0v) is 13.7. The SMILES string of the molecule is O=C(N/N=C/c1ccc(Cl)cc1)c1cc(-c2ccccc2)nc(=O)[nH]1. The van der Waals surface area contributed by atoms with Gasteiger partial charge in [-0.2, -0.15) is 10.1 Å². The summed E-state index contributed by atoms with van der Waals surface area (Å²) in [6.07, 6.45) is 1.48. The number of carbonyl (C=O) groups is 1. The molecule has 1 aromatic heterocycles. The summed E-state index contributed by atoms with van der Waals surface area (Å²) >= 11 is 5.80. The molecule has 7 heteroatoms. The van der Waals surface area contributed by atoms with Crippen LogP contribution in [0.1, 0.15) is 16.1 Å². The molecule has 2 aromatic carbocycles. The molecule has 0 fully saturated rings. The van der Waals surface area contributed by atoms with E-state index in [9.17, 15) is 9.59 Å². The molecule has 0 atom stereocenters. The highest BCUT2D eigenvalue weighted by Gasteiger charge is 2.09. The van der Waals surface area contributed by atoms with Gasteiger partial charge < -0.3 is 4.98 Å². The predicted molar refractivity (Wildman–Crippen MR) is 96.8 cm³/mol. The van der Waals surface area contributed by atoms with E-state index in [1.807, 2.05) is 30.3 Å². The van der Waals surface area contributed by atoms with Gasteiger partial charge in [0.2, 0.25) is 0 Å². The summed E-state index contributed by atoms with van der Waals surface area (Å²) in [6, 6.07) is 17.6. The second-order valence-electron chi connectivity index (χ2n) is 5.10. The Hall–Kier alpha value is -3.25. The van der Waals surface area contributed by atoms with Crippen molar-refractivity contribution in [2.45, 2.75) is 0 Å². The molecule has 0 aliphatic heterocycles. The lowest BCUT2D eigenvalue weighted by Gasteiger charge is -2.03. The van der Waals surface area contributed by atoms with Gasteiger partial charge in [-0.25, -0.2) is 10.2 Å². The van der Waals surface area contributed by atoms with Crippen LogP contribution in [-0.4, -0.2) is 22.1 Å². The molecule has 0 saturated heterocycles. The van der Waals surface area contributed by atoms with Crippen molar-refractivity contribution >= 4 is 23.7 Å². The number of amides is 1. The van der Waals surface area contributed by atoms with Gasteiger partial charge in [-0.05, 0) is 23.8 Å². The Morgan fingerprint density at radius 3 is 2.56 bits per heavy atom. The molecule has 0 aliphatic carbocycles.